The van der Waals surface area contributed by atoms with Gasteiger partial charge in [0.05, 0.1) is 13.1 Å². The molecule has 152 valence electrons. The van der Waals surface area contributed by atoms with Gasteiger partial charge in [-0.1, -0.05) is 91.4 Å². The molecule has 0 aliphatic carbocycles. The lowest BCUT2D eigenvalue weighted by Gasteiger charge is -2.06. The number of hydrogen-bond acceptors (Lipinski definition) is 0. The van der Waals surface area contributed by atoms with Gasteiger partial charge in [0.1, 0.15) is 12.4 Å². The summed E-state index contributed by atoms with van der Waals surface area (Å²) in [5.41, 5.74) is 0. The zero-order valence-electron chi connectivity index (χ0n) is 18.3. The van der Waals surface area contributed by atoms with Gasteiger partial charge in [-0.05, 0) is 25.7 Å². The standard InChI is InChI=1S/C24H47N2/c1-4-7-9-10-11-12-13-14-15-16-17-19-24-25(20-6-3)22-23-26(24)21-18-8-5-2/h22-23H,4-21H2,1-3H3/q+1. The number of nitrogens with zero attached hydrogens (tertiary/aromatic N) is 2. The topological polar surface area (TPSA) is 8.81 Å². The summed E-state index contributed by atoms with van der Waals surface area (Å²) in [6, 6.07) is 0. The summed E-state index contributed by atoms with van der Waals surface area (Å²) in [5, 5.41) is 0. The molecule has 0 N–H and O–H groups in total. The van der Waals surface area contributed by atoms with Crippen LogP contribution in [0.2, 0.25) is 0 Å². The maximum Gasteiger partial charge on any atom is 0.256 e. The predicted molar refractivity (Wildman–Crippen MR) is 115 cm³/mol. The molecule has 1 rings (SSSR count). The van der Waals surface area contributed by atoms with Crippen LogP contribution in [-0.2, 0) is 19.5 Å². The van der Waals surface area contributed by atoms with Crippen molar-refractivity contribution in [2.45, 2.75) is 137 Å². The molecule has 0 amide bonds. The Morgan fingerprint density at radius 1 is 0.654 bits per heavy atom. The molecule has 26 heavy (non-hydrogen) atoms. The van der Waals surface area contributed by atoms with E-state index < -0.39 is 0 Å². The summed E-state index contributed by atoms with van der Waals surface area (Å²) >= 11 is 0. The summed E-state index contributed by atoms with van der Waals surface area (Å²) < 4.78 is 5.03. The Labute approximate surface area is 164 Å². The van der Waals surface area contributed by atoms with Crippen molar-refractivity contribution < 1.29 is 4.57 Å². The van der Waals surface area contributed by atoms with E-state index in [0.29, 0.717) is 0 Å². The molecule has 0 aromatic carbocycles. The second-order valence-electron chi connectivity index (χ2n) is 8.09. The van der Waals surface area contributed by atoms with Crippen LogP contribution in [0.15, 0.2) is 12.4 Å². The zero-order valence-corrected chi connectivity index (χ0v) is 18.3. The van der Waals surface area contributed by atoms with Crippen LogP contribution in [0.25, 0.3) is 0 Å². The molecule has 0 fully saturated rings. The fraction of sp³-hybridized carbons (Fsp3) is 0.875. The van der Waals surface area contributed by atoms with Crippen LogP contribution in [0, 0.1) is 0 Å². The van der Waals surface area contributed by atoms with Gasteiger partial charge in [0.15, 0.2) is 0 Å². The minimum atomic E-state index is 1.17. The summed E-state index contributed by atoms with van der Waals surface area (Å²) in [4.78, 5) is 0. The minimum absolute atomic E-state index is 1.17. The van der Waals surface area contributed by atoms with Gasteiger partial charge >= 0.3 is 0 Å². The highest BCUT2D eigenvalue weighted by molar-refractivity contribution is 4.84. The Bertz CT molecular complexity index is 422. The van der Waals surface area contributed by atoms with Gasteiger partial charge in [-0.2, -0.15) is 0 Å². The van der Waals surface area contributed by atoms with Crippen LogP contribution in [0.3, 0.4) is 0 Å². The van der Waals surface area contributed by atoms with Crippen LogP contribution < -0.4 is 4.57 Å². The summed E-state index contributed by atoms with van der Waals surface area (Å²) in [6.45, 7) is 9.25. The third-order valence-corrected chi connectivity index (χ3v) is 5.56. The first kappa shape index (κ1) is 23.2. The van der Waals surface area contributed by atoms with Crippen molar-refractivity contribution in [2.24, 2.45) is 0 Å². The Morgan fingerprint density at radius 3 is 1.77 bits per heavy atom. The second kappa shape index (κ2) is 16.4. The van der Waals surface area contributed by atoms with Crippen molar-refractivity contribution in [3.8, 4) is 0 Å². The molecule has 0 bridgehead atoms. The Kier molecular flexibility index (Phi) is 14.7. The fourth-order valence-corrected chi connectivity index (χ4v) is 3.91. The van der Waals surface area contributed by atoms with Gasteiger partial charge in [0.2, 0.25) is 0 Å². The normalized spacial score (nSPS) is 11.3. The summed E-state index contributed by atoms with van der Waals surface area (Å²) in [7, 11) is 0. The van der Waals surface area contributed by atoms with Crippen LogP contribution in [0.5, 0.6) is 0 Å². The molecule has 1 aromatic heterocycles. The molecule has 0 saturated heterocycles. The van der Waals surface area contributed by atoms with E-state index >= 15 is 0 Å². The highest BCUT2D eigenvalue weighted by Gasteiger charge is 2.15. The van der Waals surface area contributed by atoms with Crippen LogP contribution in [0.1, 0.15) is 123 Å². The van der Waals surface area contributed by atoms with E-state index in [1.807, 2.05) is 0 Å². The molecule has 0 atom stereocenters. The molecule has 2 heteroatoms. The largest absolute Gasteiger partial charge is 0.256 e. The molecule has 0 aliphatic heterocycles. The number of rotatable bonds is 18. The van der Waals surface area contributed by atoms with Crippen molar-refractivity contribution >= 4 is 0 Å². The molecule has 0 unspecified atom stereocenters. The van der Waals surface area contributed by atoms with Gasteiger partial charge in [-0.3, -0.25) is 0 Å². The van der Waals surface area contributed by atoms with Crippen LogP contribution >= 0.6 is 0 Å². The van der Waals surface area contributed by atoms with Gasteiger partial charge in [-0.15, -0.1) is 0 Å². The Hall–Kier alpha value is -0.790. The smallest absolute Gasteiger partial charge is 0.234 e. The Balaban J connectivity index is 2.17. The van der Waals surface area contributed by atoms with Crippen LogP contribution in [0.4, 0.5) is 0 Å². The Morgan fingerprint density at radius 2 is 1.19 bits per heavy atom. The molecule has 0 aliphatic rings. The average molecular weight is 364 g/mol. The lowest BCUT2D eigenvalue weighted by molar-refractivity contribution is -0.704. The first-order valence-electron chi connectivity index (χ1n) is 11.9. The lowest BCUT2D eigenvalue weighted by atomic mass is 10.1. The lowest BCUT2D eigenvalue weighted by Crippen LogP contribution is -2.37. The molecule has 1 aromatic rings. The average Bonchev–Trinajstić information content (AvgIpc) is 3.02. The third-order valence-electron chi connectivity index (χ3n) is 5.56. The number of aromatic nitrogens is 2. The highest BCUT2D eigenvalue weighted by Crippen LogP contribution is 2.12. The molecule has 0 spiro atoms. The molecule has 1 heterocycles. The van der Waals surface area contributed by atoms with E-state index in [4.69, 9.17) is 0 Å². The van der Waals surface area contributed by atoms with Crippen LogP contribution in [-0.4, -0.2) is 4.57 Å². The molecular weight excluding hydrogens is 316 g/mol. The maximum atomic E-state index is 2.53. The highest BCUT2D eigenvalue weighted by atomic mass is 15.1. The first-order valence-corrected chi connectivity index (χ1v) is 11.9. The van der Waals surface area contributed by atoms with E-state index in [9.17, 15) is 0 Å². The second-order valence-corrected chi connectivity index (χ2v) is 8.09. The van der Waals surface area contributed by atoms with E-state index in [-0.39, 0.29) is 0 Å². The third kappa shape index (κ3) is 10.4. The minimum Gasteiger partial charge on any atom is -0.234 e. The van der Waals surface area contributed by atoms with Crippen molar-refractivity contribution in [1.82, 2.24) is 4.57 Å². The van der Waals surface area contributed by atoms with Crippen molar-refractivity contribution in [2.75, 3.05) is 0 Å². The summed E-state index contributed by atoms with van der Waals surface area (Å²) in [5.74, 6) is 1.57. The molecule has 0 radical (unpaired) electrons. The number of aryl methyl sites for hydroxylation is 2. The summed E-state index contributed by atoms with van der Waals surface area (Å²) in [6.07, 6.45) is 26.8. The van der Waals surface area contributed by atoms with Crippen molar-refractivity contribution in [3.05, 3.63) is 18.2 Å². The van der Waals surface area contributed by atoms with E-state index in [2.05, 4.69) is 42.3 Å². The van der Waals surface area contributed by atoms with E-state index in [1.54, 1.807) is 5.82 Å². The SMILES string of the molecule is CCCCCCCCCCCCCc1n(CCC)cc[n+]1CCCCC. The predicted octanol–water partition coefficient (Wildman–Crippen LogP) is 7.23. The molecule has 2 nitrogen and oxygen atoms in total. The number of imidazole rings is 1. The van der Waals surface area contributed by atoms with Gasteiger partial charge in [-0.25, -0.2) is 9.13 Å². The molecular formula is C24H47N2+. The van der Waals surface area contributed by atoms with E-state index in [1.165, 1.54) is 116 Å². The zero-order chi connectivity index (χ0) is 18.9. The number of unbranched alkanes of at least 4 members (excludes halogenated alkanes) is 12. The quantitative estimate of drug-likeness (QED) is 0.192. The monoisotopic (exact) mass is 363 g/mol. The van der Waals surface area contributed by atoms with E-state index in [0.717, 1.165) is 0 Å². The van der Waals surface area contributed by atoms with Gasteiger partial charge in [0.25, 0.3) is 5.82 Å². The first-order chi connectivity index (χ1) is 12.8. The van der Waals surface area contributed by atoms with Crippen molar-refractivity contribution in [3.63, 3.8) is 0 Å². The van der Waals surface area contributed by atoms with Gasteiger partial charge in [0, 0.05) is 6.42 Å². The van der Waals surface area contributed by atoms with Crippen molar-refractivity contribution in [1.29, 1.82) is 0 Å². The van der Waals surface area contributed by atoms with Gasteiger partial charge < -0.3 is 0 Å². The maximum absolute atomic E-state index is 2.53. The fourth-order valence-electron chi connectivity index (χ4n) is 3.91. The number of hydrogen-bond donors (Lipinski definition) is 0. The molecule has 0 saturated carbocycles.